The first-order valence-electron chi connectivity index (χ1n) is 3.59. The van der Waals surface area contributed by atoms with Gasteiger partial charge in [-0.25, -0.2) is 4.39 Å². The molecule has 1 atom stereocenters. The lowest BCUT2D eigenvalue weighted by molar-refractivity contribution is -0.387. The van der Waals surface area contributed by atoms with Crippen LogP contribution in [-0.2, 0) is 11.4 Å². The molecule has 0 saturated carbocycles. The lowest BCUT2D eigenvalue weighted by Crippen LogP contribution is -2.20. The third-order valence-corrected chi connectivity index (χ3v) is 2.60. The fraction of sp³-hybridized carbons (Fsp3) is 0.143. The molecule has 0 spiro atoms. The van der Waals surface area contributed by atoms with Crippen LogP contribution in [0, 0.1) is 15.9 Å². The maximum absolute atomic E-state index is 12.7. The molecule has 76 valence electrons. The highest BCUT2D eigenvalue weighted by molar-refractivity contribution is 7.89. The number of rotatable bonds is 3. The van der Waals surface area contributed by atoms with E-state index in [1.165, 1.54) is 7.05 Å². The van der Waals surface area contributed by atoms with E-state index < -0.39 is 22.1 Å². The first kappa shape index (κ1) is 10.9. The van der Waals surface area contributed by atoms with E-state index >= 15 is 0 Å². The minimum absolute atomic E-state index is 0.169. The van der Waals surface area contributed by atoms with Gasteiger partial charge in [-0.1, -0.05) is 0 Å². The molecule has 0 aliphatic rings. The Labute approximate surface area is 82.4 Å². The highest BCUT2D eigenvalue weighted by Gasteiger charge is 2.24. The van der Waals surface area contributed by atoms with Crippen LogP contribution in [-0.4, -0.2) is 16.5 Å². The van der Waals surface area contributed by atoms with E-state index in [-0.39, 0.29) is 10.6 Å². The van der Waals surface area contributed by atoms with Gasteiger partial charge in [0, 0.05) is 19.2 Å². The van der Waals surface area contributed by atoms with Gasteiger partial charge < -0.3 is 4.55 Å². The van der Waals surface area contributed by atoms with E-state index in [1.807, 2.05) is 0 Å². The van der Waals surface area contributed by atoms with Crippen LogP contribution in [0.3, 0.4) is 0 Å². The molecule has 1 rings (SSSR count). The smallest absolute Gasteiger partial charge is 0.325 e. The number of nitro groups is 1. The minimum atomic E-state index is -1.76. The number of halogens is 1. The Balaban J connectivity index is 3.22. The Morgan fingerprint density at radius 1 is 1.57 bits per heavy atom. The van der Waals surface area contributed by atoms with E-state index in [4.69, 9.17) is 0 Å². The average molecular weight is 218 g/mol. The molecule has 1 aromatic carbocycles. The zero-order valence-electron chi connectivity index (χ0n) is 7.19. The monoisotopic (exact) mass is 218 g/mol. The number of nitro benzene ring substituents is 1. The summed E-state index contributed by atoms with van der Waals surface area (Å²) in [6.45, 7) is 0. The second-order valence-corrected chi connectivity index (χ2v) is 3.73. The summed E-state index contributed by atoms with van der Waals surface area (Å²) in [5.74, 6) is -0.658. The van der Waals surface area contributed by atoms with Crippen LogP contribution in [0.15, 0.2) is 23.1 Å². The van der Waals surface area contributed by atoms with Crippen molar-refractivity contribution in [3.8, 4) is 0 Å². The van der Waals surface area contributed by atoms with E-state index in [2.05, 4.69) is 4.72 Å². The maximum Gasteiger partial charge on any atom is 0.325 e. The van der Waals surface area contributed by atoms with Crippen LogP contribution >= 0.6 is 0 Å². The predicted molar refractivity (Wildman–Crippen MR) is 48.5 cm³/mol. The molecule has 7 heteroatoms. The fourth-order valence-electron chi connectivity index (χ4n) is 0.897. The molecule has 1 N–H and O–H groups in total. The van der Waals surface area contributed by atoms with Crippen LogP contribution < -0.4 is 4.72 Å². The van der Waals surface area contributed by atoms with Gasteiger partial charge in [-0.15, -0.1) is 4.72 Å². The number of hydrogen-bond donors (Lipinski definition) is 1. The Bertz CT molecular complexity index is 361. The van der Waals surface area contributed by atoms with Gasteiger partial charge in [0.25, 0.3) is 4.90 Å². The lowest BCUT2D eigenvalue weighted by Gasteiger charge is -2.06. The quantitative estimate of drug-likeness (QED) is 0.466. The van der Waals surface area contributed by atoms with Crippen LogP contribution in [0.5, 0.6) is 0 Å². The molecule has 0 aliphatic heterocycles. The Morgan fingerprint density at radius 2 is 2.21 bits per heavy atom. The van der Waals surface area contributed by atoms with Crippen molar-refractivity contribution in [1.29, 1.82) is 0 Å². The van der Waals surface area contributed by atoms with Gasteiger partial charge in [-0.3, -0.25) is 10.1 Å². The number of hydrogen-bond acceptors (Lipinski definition) is 4. The SMILES string of the molecule is CN[S+]([O-])c1cc(F)ccc1[N+](=O)[O-]. The van der Waals surface area contributed by atoms with Crippen molar-refractivity contribution in [2.45, 2.75) is 4.90 Å². The molecule has 0 heterocycles. The van der Waals surface area contributed by atoms with Crippen LogP contribution in [0.4, 0.5) is 10.1 Å². The lowest BCUT2D eigenvalue weighted by atomic mass is 10.3. The molecule has 1 aromatic rings. The molecule has 14 heavy (non-hydrogen) atoms. The molecular weight excluding hydrogens is 211 g/mol. The minimum Gasteiger partial charge on any atom is -0.593 e. The van der Waals surface area contributed by atoms with Crippen molar-refractivity contribution in [2.24, 2.45) is 0 Å². The van der Waals surface area contributed by atoms with Crippen molar-refractivity contribution >= 4 is 17.0 Å². The van der Waals surface area contributed by atoms with Crippen molar-refractivity contribution in [3.05, 3.63) is 34.1 Å². The average Bonchev–Trinajstić information content (AvgIpc) is 2.16. The molecule has 5 nitrogen and oxygen atoms in total. The molecule has 0 saturated heterocycles. The second-order valence-electron chi connectivity index (χ2n) is 2.34. The predicted octanol–water partition coefficient (Wildman–Crippen LogP) is 0.976. The van der Waals surface area contributed by atoms with Crippen LogP contribution in [0.25, 0.3) is 0 Å². The Kier molecular flexibility index (Phi) is 3.39. The molecule has 0 fully saturated rings. The summed E-state index contributed by atoms with van der Waals surface area (Å²) in [6.07, 6.45) is 0. The van der Waals surface area contributed by atoms with Gasteiger partial charge in [0.2, 0.25) is 0 Å². The second kappa shape index (κ2) is 4.36. The van der Waals surface area contributed by atoms with E-state index in [0.717, 1.165) is 18.2 Å². The van der Waals surface area contributed by atoms with E-state index in [9.17, 15) is 19.1 Å². The topological polar surface area (TPSA) is 78.2 Å². The van der Waals surface area contributed by atoms with Gasteiger partial charge in [-0.2, -0.15) is 0 Å². The van der Waals surface area contributed by atoms with Crippen LogP contribution in [0.1, 0.15) is 0 Å². The third kappa shape index (κ3) is 2.19. The highest BCUT2D eigenvalue weighted by Crippen LogP contribution is 2.23. The summed E-state index contributed by atoms with van der Waals surface area (Å²) in [5.41, 5.74) is -0.362. The Hall–Kier alpha value is -1.18. The van der Waals surface area contributed by atoms with Crippen LogP contribution in [0.2, 0.25) is 0 Å². The van der Waals surface area contributed by atoms with Gasteiger partial charge in [0.15, 0.2) is 0 Å². The Morgan fingerprint density at radius 3 is 2.71 bits per heavy atom. The summed E-state index contributed by atoms with van der Waals surface area (Å²) in [7, 11) is 1.37. The van der Waals surface area contributed by atoms with Gasteiger partial charge in [-0.05, 0) is 6.07 Å². The summed E-state index contributed by atoms with van der Waals surface area (Å²) in [4.78, 5) is 9.60. The fourth-order valence-corrected chi connectivity index (χ4v) is 1.67. The molecule has 1 unspecified atom stereocenters. The van der Waals surface area contributed by atoms with Crippen molar-refractivity contribution in [3.63, 3.8) is 0 Å². The summed E-state index contributed by atoms with van der Waals surface area (Å²) < 4.78 is 26.2. The first-order chi connectivity index (χ1) is 6.56. The summed E-state index contributed by atoms with van der Waals surface area (Å²) in [5, 5.41) is 10.5. The van der Waals surface area contributed by atoms with Crippen molar-refractivity contribution in [2.75, 3.05) is 7.05 Å². The molecular formula is C7H7FN2O3S. The van der Waals surface area contributed by atoms with E-state index in [0.29, 0.717) is 0 Å². The van der Waals surface area contributed by atoms with E-state index in [1.54, 1.807) is 0 Å². The summed E-state index contributed by atoms with van der Waals surface area (Å²) in [6, 6.07) is 2.82. The number of nitrogens with one attached hydrogen (secondary N) is 1. The highest BCUT2D eigenvalue weighted by atomic mass is 32.2. The largest absolute Gasteiger partial charge is 0.593 e. The zero-order valence-corrected chi connectivity index (χ0v) is 8.01. The van der Waals surface area contributed by atoms with Gasteiger partial charge in [0.05, 0.1) is 16.3 Å². The number of nitrogens with zero attached hydrogens (tertiary/aromatic N) is 1. The van der Waals surface area contributed by atoms with Crippen molar-refractivity contribution < 1.29 is 13.9 Å². The summed E-state index contributed by atoms with van der Waals surface area (Å²) >= 11 is -1.76. The van der Waals surface area contributed by atoms with Crippen molar-refractivity contribution in [1.82, 2.24) is 4.72 Å². The molecule has 0 aromatic heterocycles. The van der Waals surface area contributed by atoms with Gasteiger partial charge in [0.1, 0.15) is 5.82 Å². The number of benzene rings is 1. The standard InChI is InChI=1S/C7H7FN2O3S/c1-9-14(13)7-4-5(8)2-3-6(7)10(11)12/h2-4,9H,1H3. The molecule has 0 radical (unpaired) electrons. The molecule has 0 amide bonds. The maximum atomic E-state index is 12.7. The third-order valence-electron chi connectivity index (χ3n) is 1.50. The first-order valence-corrected chi connectivity index (χ1v) is 4.74. The normalized spacial score (nSPS) is 12.5. The molecule has 0 bridgehead atoms. The van der Waals surface area contributed by atoms with Gasteiger partial charge >= 0.3 is 5.69 Å². The molecule has 0 aliphatic carbocycles. The zero-order chi connectivity index (χ0) is 10.7.